The SMILES string of the molecule is Cc1ccc(F)c(NC2CCc3sc(Cl)cc32)c1. The predicted molar refractivity (Wildman–Crippen MR) is 75.2 cm³/mol. The number of aryl methyl sites for hydroxylation is 2. The van der Waals surface area contributed by atoms with E-state index in [1.807, 2.05) is 19.1 Å². The molecule has 0 radical (unpaired) electrons. The van der Waals surface area contributed by atoms with Crippen molar-refractivity contribution < 1.29 is 4.39 Å². The average Bonchev–Trinajstić information content (AvgIpc) is 2.84. The number of benzene rings is 1. The minimum atomic E-state index is -0.199. The second kappa shape index (κ2) is 4.56. The van der Waals surface area contributed by atoms with Gasteiger partial charge in [-0.15, -0.1) is 11.3 Å². The second-order valence-corrected chi connectivity index (χ2v) is 6.42. The number of hydrogen-bond donors (Lipinski definition) is 1. The summed E-state index contributed by atoms with van der Waals surface area (Å²) in [5.74, 6) is -0.199. The summed E-state index contributed by atoms with van der Waals surface area (Å²) in [6.45, 7) is 1.96. The fourth-order valence-electron chi connectivity index (χ4n) is 2.42. The van der Waals surface area contributed by atoms with Crippen molar-refractivity contribution in [2.75, 3.05) is 5.32 Å². The van der Waals surface area contributed by atoms with Gasteiger partial charge in [0.25, 0.3) is 0 Å². The largest absolute Gasteiger partial charge is 0.376 e. The van der Waals surface area contributed by atoms with E-state index in [0.29, 0.717) is 5.69 Å². The first-order valence-electron chi connectivity index (χ1n) is 5.94. The first kappa shape index (κ1) is 12.0. The van der Waals surface area contributed by atoms with Crippen LogP contribution >= 0.6 is 22.9 Å². The molecule has 1 atom stereocenters. The molecule has 0 saturated heterocycles. The lowest BCUT2D eigenvalue weighted by molar-refractivity contribution is 0.624. The molecule has 0 amide bonds. The van der Waals surface area contributed by atoms with Gasteiger partial charge < -0.3 is 5.32 Å². The van der Waals surface area contributed by atoms with E-state index in [2.05, 4.69) is 5.32 Å². The fraction of sp³-hybridized carbons (Fsp3) is 0.286. The molecule has 18 heavy (non-hydrogen) atoms. The van der Waals surface area contributed by atoms with Crippen LogP contribution in [0.1, 0.15) is 28.5 Å². The molecule has 94 valence electrons. The van der Waals surface area contributed by atoms with E-state index >= 15 is 0 Å². The normalized spacial score (nSPS) is 17.8. The number of anilines is 1. The summed E-state index contributed by atoms with van der Waals surface area (Å²) in [6, 6.07) is 7.32. The first-order chi connectivity index (χ1) is 8.63. The van der Waals surface area contributed by atoms with Crippen LogP contribution in [-0.4, -0.2) is 0 Å². The zero-order chi connectivity index (χ0) is 12.7. The summed E-state index contributed by atoms with van der Waals surface area (Å²) in [6.07, 6.45) is 2.03. The molecule has 0 aliphatic heterocycles. The summed E-state index contributed by atoms with van der Waals surface area (Å²) in [5, 5.41) is 3.29. The summed E-state index contributed by atoms with van der Waals surface area (Å²) in [4.78, 5) is 1.32. The molecule has 0 saturated carbocycles. The van der Waals surface area contributed by atoms with Crippen molar-refractivity contribution in [2.45, 2.75) is 25.8 Å². The van der Waals surface area contributed by atoms with Gasteiger partial charge in [-0.05, 0) is 49.1 Å². The number of rotatable bonds is 2. The third-order valence-corrected chi connectivity index (χ3v) is 4.64. The molecule has 0 spiro atoms. The van der Waals surface area contributed by atoms with Gasteiger partial charge in [0.05, 0.1) is 16.1 Å². The van der Waals surface area contributed by atoms with Gasteiger partial charge in [0.15, 0.2) is 0 Å². The molecule has 1 heterocycles. The highest BCUT2D eigenvalue weighted by Crippen LogP contribution is 2.41. The zero-order valence-electron chi connectivity index (χ0n) is 9.97. The maximum absolute atomic E-state index is 13.7. The molecule has 1 nitrogen and oxygen atoms in total. The summed E-state index contributed by atoms with van der Waals surface area (Å²) >= 11 is 7.65. The van der Waals surface area contributed by atoms with E-state index in [4.69, 9.17) is 11.6 Å². The number of fused-ring (bicyclic) bond motifs is 1. The van der Waals surface area contributed by atoms with Gasteiger partial charge in [-0.25, -0.2) is 4.39 Å². The van der Waals surface area contributed by atoms with Gasteiger partial charge in [-0.1, -0.05) is 17.7 Å². The molecule has 0 bridgehead atoms. The average molecular weight is 282 g/mol. The molecule has 1 unspecified atom stereocenters. The maximum Gasteiger partial charge on any atom is 0.146 e. The van der Waals surface area contributed by atoms with Crippen LogP contribution in [0.25, 0.3) is 0 Å². The molecule has 0 fully saturated rings. The Morgan fingerprint density at radius 1 is 1.39 bits per heavy atom. The Bertz CT molecular complexity index is 593. The molecule has 1 aliphatic rings. The smallest absolute Gasteiger partial charge is 0.146 e. The quantitative estimate of drug-likeness (QED) is 0.821. The Morgan fingerprint density at radius 3 is 3.06 bits per heavy atom. The third kappa shape index (κ3) is 2.13. The second-order valence-electron chi connectivity index (χ2n) is 4.65. The standard InChI is InChI=1S/C14H13ClFNS/c1-8-2-3-10(16)12(6-8)17-11-4-5-13-9(11)7-14(15)18-13/h2-3,6-7,11,17H,4-5H2,1H3. The molecule has 1 aromatic heterocycles. The molecule has 3 rings (SSSR count). The van der Waals surface area contributed by atoms with Gasteiger partial charge in [-0.3, -0.25) is 0 Å². The Balaban J connectivity index is 1.88. The van der Waals surface area contributed by atoms with Crippen LogP contribution in [0.5, 0.6) is 0 Å². The van der Waals surface area contributed by atoms with E-state index in [1.54, 1.807) is 17.4 Å². The minimum Gasteiger partial charge on any atom is -0.376 e. The topological polar surface area (TPSA) is 12.0 Å². The molecule has 4 heteroatoms. The fourth-order valence-corrected chi connectivity index (χ4v) is 3.77. The lowest BCUT2D eigenvalue weighted by atomic mass is 10.1. The number of thiophene rings is 1. The monoisotopic (exact) mass is 281 g/mol. The van der Waals surface area contributed by atoms with Crippen molar-refractivity contribution in [1.29, 1.82) is 0 Å². The van der Waals surface area contributed by atoms with Crippen molar-refractivity contribution in [3.63, 3.8) is 0 Å². The van der Waals surface area contributed by atoms with Crippen LogP contribution in [-0.2, 0) is 6.42 Å². The molecule has 1 N–H and O–H groups in total. The molecule has 1 aliphatic carbocycles. The van der Waals surface area contributed by atoms with Crippen molar-refractivity contribution in [1.82, 2.24) is 0 Å². The van der Waals surface area contributed by atoms with Gasteiger partial charge >= 0.3 is 0 Å². The van der Waals surface area contributed by atoms with E-state index in [0.717, 1.165) is 22.7 Å². The number of nitrogens with one attached hydrogen (secondary N) is 1. The summed E-state index contributed by atoms with van der Waals surface area (Å²) in [7, 11) is 0. The Morgan fingerprint density at radius 2 is 2.22 bits per heavy atom. The lowest BCUT2D eigenvalue weighted by Crippen LogP contribution is -2.08. The zero-order valence-corrected chi connectivity index (χ0v) is 11.5. The van der Waals surface area contributed by atoms with E-state index in [9.17, 15) is 4.39 Å². The molecular weight excluding hydrogens is 269 g/mol. The predicted octanol–water partition coefficient (Wildman–Crippen LogP) is 4.95. The first-order valence-corrected chi connectivity index (χ1v) is 7.14. The van der Waals surface area contributed by atoms with Crippen molar-refractivity contribution in [3.05, 3.63) is 50.4 Å². The number of hydrogen-bond acceptors (Lipinski definition) is 2. The van der Waals surface area contributed by atoms with E-state index in [-0.39, 0.29) is 11.9 Å². The highest BCUT2D eigenvalue weighted by molar-refractivity contribution is 7.16. The third-order valence-electron chi connectivity index (χ3n) is 3.30. The lowest BCUT2D eigenvalue weighted by Gasteiger charge is -2.15. The van der Waals surface area contributed by atoms with Gasteiger partial charge in [0.2, 0.25) is 0 Å². The van der Waals surface area contributed by atoms with Crippen LogP contribution in [0.4, 0.5) is 10.1 Å². The van der Waals surface area contributed by atoms with E-state index < -0.39 is 0 Å². The van der Waals surface area contributed by atoms with Crippen molar-refractivity contribution >= 4 is 28.6 Å². The van der Waals surface area contributed by atoms with E-state index in [1.165, 1.54) is 16.5 Å². The van der Waals surface area contributed by atoms with Crippen molar-refractivity contribution in [3.8, 4) is 0 Å². The minimum absolute atomic E-state index is 0.181. The highest BCUT2D eigenvalue weighted by Gasteiger charge is 2.25. The Kier molecular flexibility index (Phi) is 3.04. The van der Waals surface area contributed by atoms with Crippen LogP contribution < -0.4 is 5.32 Å². The van der Waals surface area contributed by atoms with Crippen LogP contribution in [0.15, 0.2) is 24.3 Å². The van der Waals surface area contributed by atoms with Gasteiger partial charge in [-0.2, -0.15) is 0 Å². The van der Waals surface area contributed by atoms with Crippen molar-refractivity contribution in [2.24, 2.45) is 0 Å². The van der Waals surface area contributed by atoms with Crippen LogP contribution in [0, 0.1) is 12.7 Å². The highest BCUT2D eigenvalue weighted by atomic mass is 35.5. The maximum atomic E-state index is 13.7. The Labute approximate surface area is 115 Å². The molecular formula is C14H13ClFNS. The van der Waals surface area contributed by atoms with Crippen LogP contribution in [0.2, 0.25) is 4.34 Å². The number of halogens is 2. The molecule has 1 aromatic carbocycles. The summed E-state index contributed by atoms with van der Waals surface area (Å²) in [5.41, 5.74) is 2.86. The van der Waals surface area contributed by atoms with Gasteiger partial charge in [0, 0.05) is 4.88 Å². The van der Waals surface area contributed by atoms with Gasteiger partial charge in [0.1, 0.15) is 5.82 Å². The summed E-state index contributed by atoms with van der Waals surface area (Å²) < 4.78 is 14.5. The Hall–Kier alpha value is -1.06. The van der Waals surface area contributed by atoms with Crippen LogP contribution in [0.3, 0.4) is 0 Å². The molecule has 2 aromatic rings.